The standard InChI is InChI=1S/C17H21N3O5/c21-16(5-4-13-9-17(22)20-25-13)19-14-11-23-8-6-15(14)24-10-12-3-1-2-7-18-12/h1-3,7,9,14-15H,4-6,8,10-11H2,(H,19,21)(H,20,22)/t14-,15-/m1/s1. The number of aryl methyl sites for hydroxylation is 1. The fourth-order valence-electron chi connectivity index (χ4n) is 2.69. The highest BCUT2D eigenvalue weighted by Crippen LogP contribution is 2.14. The van der Waals surface area contributed by atoms with Crippen LogP contribution in [0.15, 0.2) is 39.8 Å². The highest BCUT2D eigenvalue weighted by atomic mass is 16.5. The zero-order valence-corrected chi connectivity index (χ0v) is 13.8. The molecule has 1 amide bonds. The minimum Gasteiger partial charge on any atom is -0.384 e. The molecule has 0 bridgehead atoms. The van der Waals surface area contributed by atoms with Crippen LogP contribution in [0.25, 0.3) is 0 Å². The minimum atomic E-state index is -0.306. The second-order valence-corrected chi connectivity index (χ2v) is 5.89. The first-order valence-electron chi connectivity index (χ1n) is 8.27. The molecule has 1 saturated heterocycles. The van der Waals surface area contributed by atoms with Gasteiger partial charge in [0, 0.05) is 31.7 Å². The monoisotopic (exact) mass is 347 g/mol. The highest BCUT2D eigenvalue weighted by Gasteiger charge is 2.28. The molecule has 0 spiro atoms. The van der Waals surface area contributed by atoms with E-state index in [9.17, 15) is 9.59 Å². The number of pyridine rings is 1. The normalized spacial score (nSPS) is 20.3. The lowest BCUT2D eigenvalue weighted by atomic mass is 10.1. The van der Waals surface area contributed by atoms with Gasteiger partial charge in [0.2, 0.25) is 5.91 Å². The van der Waals surface area contributed by atoms with Gasteiger partial charge < -0.3 is 19.3 Å². The van der Waals surface area contributed by atoms with Gasteiger partial charge in [0.1, 0.15) is 5.76 Å². The second kappa shape index (κ2) is 8.59. The fourth-order valence-corrected chi connectivity index (χ4v) is 2.69. The minimum absolute atomic E-state index is 0.120. The van der Waals surface area contributed by atoms with Gasteiger partial charge >= 0.3 is 0 Å². The van der Waals surface area contributed by atoms with Crippen LogP contribution in [0.3, 0.4) is 0 Å². The zero-order chi connectivity index (χ0) is 17.5. The lowest BCUT2D eigenvalue weighted by Gasteiger charge is -2.32. The van der Waals surface area contributed by atoms with Crippen molar-refractivity contribution >= 4 is 5.91 Å². The van der Waals surface area contributed by atoms with Crippen molar-refractivity contribution in [1.29, 1.82) is 0 Å². The van der Waals surface area contributed by atoms with Crippen LogP contribution in [-0.4, -0.2) is 41.4 Å². The first-order chi connectivity index (χ1) is 12.2. The van der Waals surface area contributed by atoms with Gasteiger partial charge in [-0.05, 0) is 18.6 Å². The molecule has 0 saturated carbocycles. The molecule has 8 nitrogen and oxygen atoms in total. The number of aromatic amines is 1. The number of nitrogens with one attached hydrogen (secondary N) is 2. The quantitative estimate of drug-likeness (QED) is 0.767. The van der Waals surface area contributed by atoms with E-state index in [2.05, 4.69) is 15.5 Å². The molecule has 3 rings (SSSR count). The van der Waals surface area contributed by atoms with Gasteiger partial charge in [-0.15, -0.1) is 0 Å². The van der Waals surface area contributed by atoms with Crippen LogP contribution >= 0.6 is 0 Å². The maximum atomic E-state index is 12.1. The number of hydrogen-bond donors (Lipinski definition) is 2. The van der Waals surface area contributed by atoms with Crippen molar-refractivity contribution in [2.45, 2.75) is 38.0 Å². The molecular weight excluding hydrogens is 326 g/mol. The zero-order valence-electron chi connectivity index (χ0n) is 13.8. The molecule has 2 aromatic rings. The molecule has 0 radical (unpaired) electrons. The van der Waals surface area contributed by atoms with Gasteiger partial charge in [0.05, 0.1) is 31.1 Å². The number of carbonyl (C=O) groups excluding carboxylic acids is 1. The van der Waals surface area contributed by atoms with Crippen LogP contribution in [-0.2, 0) is 27.3 Å². The molecule has 1 fully saturated rings. The average molecular weight is 347 g/mol. The molecule has 2 N–H and O–H groups in total. The van der Waals surface area contributed by atoms with E-state index >= 15 is 0 Å². The van der Waals surface area contributed by atoms with Crippen molar-refractivity contribution in [2.24, 2.45) is 0 Å². The maximum absolute atomic E-state index is 12.1. The van der Waals surface area contributed by atoms with Crippen LogP contribution in [0.2, 0.25) is 0 Å². The summed E-state index contributed by atoms with van der Waals surface area (Å²) in [5, 5.41) is 5.15. The summed E-state index contributed by atoms with van der Waals surface area (Å²) in [6.07, 6.45) is 2.90. The van der Waals surface area contributed by atoms with Crippen molar-refractivity contribution in [3.63, 3.8) is 0 Å². The largest absolute Gasteiger partial charge is 0.384 e. The van der Waals surface area contributed by atoms with Crippen molar-refractivity contribution < 1.29 is 18.8 Å². The number of amides is 1. The topological polar surface area (TPSA) is 106 Å². The predicted molar refractivity (Wildman–Crippen MR) is 87.8 cm³/mol. The summed E-state index contributed by atoms with van der Waals surface area (Å²) in [5.41, 5.74) is 0.542. The van der Waals surface area contributed by atoms with Crippen molar-refractivity contribution in [1.82, 2.24) is 15.5 Å². The Balaban J connectivity index is 1.48. The fraction of sp³-hybridized carbons (Fsp3) is 0.471. The summed E-state index contributed by atoms with van der Waals surface area (Å²) in [6.45, 7) is 1.41. The van der Waals surface area contributed by atoms with E-state index in [0.717, 1.165) is 5.69 Å². The maximum Gasteiger partial charge on any atom is 0.280 e. The molecular formula is C17H21N3O5. The predicted octanol–water partition coefficient (Wildman–Crippen LogP) is 0.786. The van der Waals surface area contributed by atoms with E-state index in [1.54, 1.807) is 6.20 Å². The van der Waals surface area contributed by atoms with Crippen molar-refractivity contribution in [3.05, 3.63) is 52.3 Å². The number of ether oxygens (including phenoxy) is 2. The summed E-state index contributed by atoms with van der Waals surface area (Å²) in [4.78, 5) is 27.4. The molecule has 3 heterocycles. The van der Waals surface area contributed by atoms with E-state index in [4.69, 9.17) is 14.0 Å². The van der Waals surface area contributed by atoms with E-state index in [1.807, 2.05) is 18.2 Å². The van der Waals surface area contributed by atoms with Crippen LogP contribution in [0.4, 0.5) is 0 Å². The lowest BCUT2D eigenvalue weighted by Crippen LogP contribution is -2.50. The highest BCUT2D eigenvalue weighted by molar-refractivity contribution is 5.76. The first-order valence-corrected chi connectivity index (χ1v) is 8.27. The third kappa shape index (κ3) is 5.27. The Hall–Kier alpha value is -2.45. The van der Waals surface area contributed by atoms with E-state index in [1.165, 1.54) is 6.07 Å². The Bertz CT molecular complexity index is 727. The number of carbonyl (C=O) groups is 1. The van der Waals surface area contributed by atoms with Crippen molar-refractivity contribution in [2.75, 3.05) is 13.2 Å². The molecule has 8 heteroatoms. The van der Waals surface area contributed by atoms with Crippen LogP contribution in [0, 0.1) is 0 Å². The molecule has 2 aromatic heterocycles. The van der Waals surface area contributed by atoms with E-state index in [-0.39, 0.29) is 30.0 Å². The number of aromatic nitrogens is 2. The Morgan fingerprint density at radius 3 is 3.12 bits per heavy atom. The Kier molecular flexibility index (Phi) is 5.97. The van der Waals surface area contributed by atoms with Gasteiger partial charge in [-0.1, -0.05) is 6.07 Å². The first kappa shape index (κ1) is 17.4. The van der Waals surface area contributed by atoms with Gasteiger partial charge in [-0.25, -0.2) is 0 Å². The summed E-state index contributed by atoms with van der Waals surface area (Å²) < 4.78 is 16.3. The Labute approximate surface area is 144 Å². The smallest absolute Gasteiger partial charge is 0.280 e. The number of rotatable bonds is 7. The molecule has 0 aliphatic carbocycles. The summed E-state index contributed by atoms with van der Waals surface area (Å²) >= 11 is 0. The summed E-state index contributed by atoms with van der Waals surface area (Å²) in [6, 6.07) is 6.80. The van der Waals surface area contributed by atoms with Crippen LogP contribution in [0.1, 0.15) is 24.3 Å². The molecule has 2 atom stereocenters. The Morgan fingerprint density at radius 1 is 1.44 bits per heavy atom. The molecule has 1 aliphatic heterocycles. The molecule has 0 aromatic carbocycles. The van der Waals surface area contributed by atoms with E-state index < -0.39 is 0 Å². The summed E-state index contributed by atoms with van der Waals surface area (Å²) in [7, 11) is 0. The van der Waals surface area contributed by atoms with Crippen molar-refractivity contribution in [3.8, 4) is 0 Å². The third-order valence-electron chi connectivity index (χ3n) is 3.98. The number of hydrogen-bond acceptors (Lipinski definition) is 6. The second-order valence-electron chi connectivity index (χ2n) is 5.89. The average Bonchev–Trinajstić information content (AvgIpc) is 3.05. The van der Waals surface area contributed by atoms with Gasteiger partial charge in [-0.3, -0.25) is 14.6 Å². The Morgan fingerprint density at radius 2 is 2.36 bits per heavy atom. The summed E-state index contributed by atoms with van der Waals surface area (Å²) in [5.74, 6) is 0.328. The molecule has 1 aliphatic rings. The van der Waals surface area contributed by atoms with E-state index in [0.29, 0.717) is 38.4 Å². The SMILES string of the molecule is O=C(CCc1cc(=O)[nH]o1)N[C@@H]1COCC[C@H]1OCc1ccccn1. The molecule has 134 valence electrons. The lowest BCUT2D eigenvalue weighted by molar-refractivity contribution is -0.126. The number of nitrogens with zero attached hydrogens (tertiary/aromatic N) is 1. The van der Waals surface area contributed by atoms with Crippen LogP contribution in [0.5, 0.6) is 0 Å². The molecule has 25 heavy (non-hydrogen) atoms. The third-order valence-corrected chi connectivity index (χ3v) is 3.98. The van der Waals surface area contributed by atoms with Crippen LogP contribution < -0.4 is 10.9 Å². The van der Waals surface area contributed by atoms with Gasteiger partial charge in [0.15, 0.2) is 0 Å². The molecule has 0 unspecified atom stereocenters. The number of H-pyrrole nitrogens is 1. The van der Waals surface area contributed by atoms with Gasteiger partial charge in [-0.2, -0.15) is 5.16 Å². The van der Waals surface area contributed by atoms with Gasteiger partial charge in [0.25, 0.3) is 5.56 Å².